The topological polar surface area (TPSA) is 41.1 Å². The number of thioether (sulfide) groups is 1. The summed E-state index contributed by atoms with van der Waals surface area (Å²) in [6.45, 7) is 1.68. The van der Waals surface area contributed by atoms with Crippen LogP contribution in [0.2, 0.25) is 0 Å². The van der Waals surface area contributed by atoms with Crippen LogP contribution in [0.25, 0.3) is 0 Å². The highest BCUT2D eigenvalue weighted by atomic mass is 32.2. The Morgan fingerprint density at radius 3 is 2.85 bits per heavy atom. The van der Waals surface area contributed by atoms with Crippen molar-refractivity contribution in [3.8, 4) is 0 Å². The minimum absolute atomic E-state index is 0.181. The Labute approximate surface area is 119 Å². The lowest BCUT2D eigenvalue weighted by Gasteiger charge is -2.18. The maximum absolute atomic E-state index is 12.6. The van der Waals surface area contributed by atoms with E-state index in [4.69, 9.17) is 0 Å². The minimum atomic E-state index is -4.37. The Balaban J connectivity index is 2.05. The summed E-state index contributed by atoms with van der Waals surface area (Å²) < 4.78 is 37.9. The van der Waals surface area contributed by atoms with E-state index in [0.29, 0.717) is 11.3 Å². The Kier molecular flexibility index (Phi) is 4.59. The second-order valence-electron chi connectivity index (χ2n) is 4.63. The molecule has 0 radical (unpaired) electrons. The number of alkyl halides is 3. The number of rotatable bonds is 3. The summed E-state index contributed by atoms with van der Waals surface area (Å²) in [5, 5.41) is 5.75. The fourth-order valence-electron chi connectivity index (χ4n) is 1.95. The average molecular weight is 304 g/mol. The number of amides is 1. The van der Waals surface area contributed by atoms with Crippen molar-refractivity contribution in [1.29, 1.82) is 0 Å². The van der Waals surface area contributed by atoms with Gasteiger partial charge in [0.15, 0.2) is 0 Å². The van der Waals surface area contributed by atoms with Crippen LogP contribution in [-0.2, 0) is 11.0 Å². The van der Waals surface area contributed by atoms with Crippen LogP contribution in [0, 0.1) is 0 Å². The molecular formula is C13H15F3N2OS. The number of halogens is 3. The number of hydrogen-bond donors (Lipinski definition) is 2. The predicted octanol–water partition coefficient (Wildman–Crippen LogP) is 2.55. The van der Waals surface area contributed by atoms with Gasteiger partial charge in [-0.1, -0.05) is 12.1 Å². The van der Waals surface area contributed by atoms with Crippen LogP contribution < -0.4 is 10.6 Å². The molecule has 0 bridgehead atoms. The van der Waals surface area contributed by atoms with E-state index < -0.39 is 17.8 Å². The van der Waals surface area contributed by atoms with E-state index >= 15 is 0 Å². The van der Waals surface area contributed by atoms with Gasteiger partial charge < -0.3 is 5.32 Å². The van der Waals surface area contributed by atoms with E-state index in [-0.39, 0.29) is 11.9 Å². The molecule has 2 unspecified atom stereocenters. The molecule has 1 heterocycles. The third-order valence-electron chi connectivity index (χ3n) is 3.11. The van der Waals surface area contributed by atoms with Crippen molar-refractivity contribution in [2.75, 3.05) is 11.6 Å². The van der Waals surface area contributed by atoms with Crippen molar-refractivity contribution < 1.29 is 18.0 Å². The summed E-state index contributed by atoms with van der Waals surface area (Å²) in [5.41, 5.74) is -0.260. The van der Waals surface area contributed by atoms with Crippen molar-refractivity contribution in [3.05, 3.63) is 35.4 Å². The quantitative estimate of drug-likeness (QED) is 0.902. The van der Waals surface area contributed by atoms with Gasteiger partial charge in [0.2, 0.25) is 5.91 Å². The van der Waals surface area contributed by atoms with E-state index in [2.05, 4.69) is 10.6 Å². The molecule has 0 aromatic heterocycles. The standard InChI is InChI=1S/C13H15F3N2OS/c1-8(18-12(19)11-6-20-7-17-11)9-3-2-4-10(5-9)13(14,15)16/h2-5,8,11,17H,6-7H2,1H3,(H,18,19). The van der Waals surface area contributed by atoms with E-state index in [1.54, 1.807) is 24.8 Å². The molecule has 1 fully saturated rings. The van der Waals surface area contributed by atoms with Gasteiger partial charge in [-0.05, 0) is 24.6 Å². The molecule has 0 aliphatic carbocycles. The molecule has 2 rings (SSSR count). The predicted molar refractivity (Wildman–Crippen MR) is 72.3 cm³/mol. The molecule has 1 saturated heterocycles. The zero-order valence-corrected chi connectivity index (χ0v) is 11.6. The molecule has 0 saturated carbocycles. The van der Waals surface area contributed by atoms with Crippen molar-refractivity contribution in [1.82, 2.24) is 10.6 Å². The summed E-state index contributed by atoms with van der Waals surface area (Å²) in [4.78, 5) is 11.9. The molecule has 110 valence electrons. The molecule has 0 spiro atoms. The molecule has 20 heavy (non-hydrogen) atoms. The van der Waals surface area contributed by atoms with Crippen LogP contribution in [0.15, 0.2) is 24.3 Å². The number of carbonyl (C=O) groups excluding carboxylic acids is 1. The maximum atomic E-state index is 12.6. The second kappa shape index (κ2) is 6.05. The highest BCUT2D eigenvalue weighted by Crippen LogP contribution is 2.30. The summed E-state index contributed by atoms with van der Waals surface area (Å²) in [7, 11) is 0. The fraction of sp³-hybridized carbons (Fsp3) is 0.462. The van der Waals surface area contributed by atoms with Gasteiger partial charge in [-0.2, -0.15) is 13.2 Å². The molecule has 7 heteroatoms. The number of benzene rings is 1. The van der Waals surface area contributed by atoms with E-state index in [0.717, 1.165) is 18.0 Å². The minimum Gasteiger partial charge on any atom is -0.348 e. The number of carbonyl (C=O) groups is 1. The Morgan fingerprint density at radius 2 is 2.25 bits per heavy atom. The summed E-state index contributed by atoms with van der Waals surface area (Å²) >= 11 is 1.62. The molecule has 2 atom stereocenters. The monoisotopic (exact) mass is 304 g/mol. The van der Waals surface area contributed by atoms with Crippen molar-refractivity contribution >= 4 is 17.7 Å². The summed E-state index contributed by atoms with van der Waals surface area (Å²) in [6, 6.07) is 4.29. The average Bonchev–Trinajstić information content (AvgIpc) is 2.91. The molecule has 3 nitrogen and oxygen atoms in total. The molecule has 1 aromatic rings. The molecule has 1 aliphatic heterocycles. The molecular weight excluding hydrogens is 289 g/mol. The first-order chi connectivity index (χ1) is 9.38. The SMILES string of the molecule is CC(NC(=O)C1CSCN1)c1cccc(C(F)(F)F)c1. The summed E-state index contributed by atoms with van der Waals surface area (Å²) in [5.74, 6) is 1.22. The van der Waals surface area contributed by atoms with E-state index in [1.807, 2.05) is 0 Å². The highest BCUT2D eigenvalue weighted by Gasteiger charge is 2.31. The smallest absolute Gasteiger partial charge is 0.348 e. The summed E-state index contributed by atoms with van der Waals surface area (Å²) in [6.07, 6.45) is -4.37. The van der Waals surface area contributed by atoms with Crippen LogP contribution in [-0.4, -0.2) is 23.6 Å². The van der Waals surface area contributed by atoms with Gasteiger partial charge in [0.1, 0.15) is 0 Å². The second-order valence-corrected chi connectivity index (χ2v) is 5.66. The van der Waals surface area contributed by atoms with Gasteiger partial charge in [-0.25, -0.2) is 0 Å². The first kappa shape index (κ1) is 15.2. The van der Waals surface area contributed by atoms with Crippen LogP contribution >= 0.6 is 11.8 Å². The lowest BCUT2D eigenvalue weighted by molar-refractivity contribution is -0.137. The van der Waals surface area contributed by atoms with E-state index in [1.165, 1.54) is 6.07 Å². The van der Waals surface area contributed by atoms with Crippen molar-refractivity contribution in [2.24, 2.45) is 0 Å². The first-order valence-corrected chi connectivity index (χ1v) is 7.32. The molecule has 1 aliphatic rings. The molecule has 1 amide bonds. The zero-order chi connectivity index (χ0) is 14.8. The lowest BCUT2D eigenvalue weighted by atomic mass is 10.0. The van der Waals surface area contributed by atoms with Gasteiger partial charge >= 0.3 is 6.18 Å². The van der Waals surface area contributed by atoms with Gasteiger partial charge in [0.25, 0.3) is 0 Å². The maximum Gasteiger partial charge on any atom is 0.416 e. The van der Waals surface area contributed by atoms with Crippen molar-refractivity contribution in [3.63, 3.8) is 0 Å². The lowest BCUT2D eigenvalue weighted by Crippen LogP contribution is -2.42. The van der Waals surface area contributed by atoms with Crippen molar-refractivity contribution in [2.45, 2.75) is 25.2 Å². The van der Waals surface area contributed by atoms with Gasteiger partial charge in [0, 0.05) is 11.6 Å². The van der Waals surface area contributed by atoms with Crippen LogP contribution in [0.3, 0.4) is 0 Å². The van der Waals surface area contributed by atoms with Crippen LogP contribution in [0.4, 0.5) is 13.2 Å². The first-order valence-electron chi connectivity index (χ1n) is 6.16. The normalized spacial score (nSPS) is 20.7. The van der Waals surface area contributed by atoms with Crippen LogP contribution in [0.1, 0.15) is 24.1 Å². The Morgan fingerprint density at radius 1 is 1.50 bits per heavy atom. The zero-order valence-electron chi connectivity index (χ0n) is 10.8. The largest absolute Gasteiger partial charge is 0.416 e. The highest BCUT2D eigenvalue weighted by molar-refractivity contribution is 7.99. The number of nitrogens with one attached hydrogen (secondary N) is 2. The van der Waals surface area contributed by atoms with Gasteiger partial charge in [-0.15, -0.1) is 11.8 Å². The Bertz CT molecular complexity index is 487. The third kappa shape index (κ3) is 3.67. The van der Waals surface area contributed by atoms with E-state index in [9.17, 15) is 18.0 Å². The Hall–Kier alpha value is -1.21. The molecule has 1 aromatic carbocycles. The van der Waals surface area contributed by atoms with Gasteiger partial charge in [-0.3, -0.25) is 10.1 Å². The third-order valence-corrected chi connectivity index (χ3v) is 4.05. The fourth-order valence-corrected chi connectivity index (χ4v) is 2.89. The molecule has 2 N–H and O–H groups in total. The van der Waals surface area contributed by atoms with Crippen LogP contribution in [0.5, 0.6) is 0 Å². The van der Waals surface area contributed by atoms with Gasteiger partial charge in [0.05, 0.1) is 17.6 Å². The number of hydrogen-bond acceptors (Lipinski definition) is 3.